The Balaban J connectivity index is 1.59. The molecule has 0 radical (unpaired) electrons. The summed E-state index contributed by atoms with van der Waals surface area (Å²) in [6, 6.07) is 19.9. The summed E-state index contributed by atoms with van der Waals surface area (Å²) in [4.78, 5) is 28.3. The van der Waals surface area contributed by atoms with Crippen LogP contribution in [-0.2, 0) is 13.0 Å². The lowest BCUT2D eigenvalue weighted by molar-refractivity contribution is 0.0697. The molecule has 0 spiro atoms. The largest absolute Gasteiger partial charge is 0.478 e. The lowest BCUT2D eigenvalue weighted by Crippen LogP contribution is -2.21. The summed E-state index contributed by atoms with van der Waals surface area (Å²) in [6.07, 6.45) is 2.12. The van der Waals surface area contributed by atoms with Crippen molar-refractivity contribution in [2.75, 3.05) is 0 Å². The second-order valence-corrected chi connectivity index (χ2v) is 7.94. The molecule has 0 aliphatic carbocycles. The van der Waals surface area contributed by atoms with Crippen LogP contribution in [0.4, 0.5) is 0 Å². The van der Waals surface area contributed by atoms with Crippen LogP contribution in [0, 0.1) is 11.8 Å². The second kappa shape index (κ2) is 8.99. The van der Waals surface area contributed by atoms with Gasteiger partial charge >= 0.3 is 5.97 Å². The first-order chi connectivity index (χ1) is 15.0. The Morgan fingerprint density at radius 1 is 1.03 bits per heavy atom. The summed E-state index contributed by atoms with van der Waals surface area (Å²) in [7, 11) is 0. The lowest BCUT2D eigenvalue weighted by atomic mass is 10.1. The molecule has 1 heterocycles. The van der Waals surface area contributed by atoms with Crippen molar-refractivity contribution < 1.29 is 9.90 Å². The van der Waals surface area contributed by atoms with Gasteiger partial charge in [-0.25, -0.2) is 9.78 Å². The van der Waals surface area contributed by atoms with E-state index in [-0.39, 0.29) is 11.1 Å². The maximum atomic E-state index is 13.0. The van der Waals surface area contributed by atoms with Crippen molar-refractivity contribution in [2.45, 2.75) is 13.0 Å². The van der Waals surface area contributed by atoms with Gasteiger partial charge in [-0.2, -0.15) is 0 Å². The molecule has 0 unspecified atom stereocenters. The number of benzene rings is 3. The number of halogens is 1. The number of hydrogen-bond donors (Lipinski definition) is 1. The summed E-state index contributed by atoms with van der Waals surface area (Å²) in [5.41, 5.74) is 3.34. The van der Waals surface area contributed by atoms with E-state index in [2.05, 4.69) is 32.8 Å². The van der Waals surface area contributed by atoms with Crippen LogP contribution in [0.15, 0.2) is 82.3 Å². The molecule has 0 aliphatic heterocycles. The van der Waals surface area contributed by atoms with Crippen molar-refractivity contribution in [2.24, 2.45) is 0 Å². The fourth-order valence-electron chi connectivity index (χ4n) is 3.19. The number of carbonyl (C=O) groups is 1. The number of rotatable bonds is 4. The van der Waals surface area contributed by atoms with E-state index in [1.165, 1.54) is 23.0 Å². The van der Waals surface area contributed by atoms with Crippen molar-refractivity contribution in [3.05, 3.63) is 110 Å². The molecule has 0 atom stereocenters. The van der Waals surface area contributed by atoms with E-state index in [9.17, 15) is 9.59 Å². The predicted molar refractivity (Wildman–Crippen MR) is 123 cm³/mol. The van der Waals surface area contributed by atoms with Gasteiger partial charge in [0.2, 0.25) is 0 Å². The summed E-state index contributed by atoms with van der Waals surface area (Å²) >= 11 is 3.46. The number of carboxylic acid groups (broad SMARTS) is 1. The van der Waals surface area contributed by atoms with Crippen LogP contribution in [0.25, 0.3) is 10.9 Å². The summed E-state index contributed by atoms with van der Waals surface area (Å²) in [6.45, 7) is 0.306. The van der Waals surface area contributed by atoms with Gasteiger partial charge in [0.1, 0.15) is 0 Å². The van der Waals surface area contributed by atoms with Crippen LogP contribution in [0.5, 0.6) is 0 Å². The fourth-order valence-corrected chi connectivity index (χ4v) is 3.64. The first kappa shape index (κ1) is 20.6. The van der Waals surface area contributed by atoms with E-state index in [1.807, 2.05) is 30.3 Å². The smallest absolute Gasteiger partial charge is 0.335 e. The van der Waals surface area contributed by atoms with Gasteiger partial charge in [-0.05, 0) is 53.6 Å². The molecule has 1 N–H and O–H groups in total. The highest BCUT2D eigenvalue weighted by Gasteiger charge is 2.07. The van der Waals surface area contributed by atoms with Crippen molar-refractivity contribution >= 4 is 32.8 Å². The van der Waals surface area contributed by atoms with E-state index in [4.69, 9.17) is 5.11 Å². The summed E-state index contributed by atoms with van der Waals surface area (Å²) in [5.74, 6) is 5.29. The SMILES string of the molecule is O=C(O)c1ccc(Cn2cnc3ccc(C#CCc4cccc(Br)c4)cc3c2=O)cc1. The lowest BCUT2D eigenvalue weighted by Gasteiger charge is -2.07. The molecule has 4 rings (SSSR count). The molecule has 152 valence electrons. The molecule has 0 fully saturated rings. The topological polar surface area (TPSA) is 72.2 Å². The van der Waals surface area contributed by atoms with Gasteiger partial charge in [0.25, 0.3) is 5.56 Å². The molecule has 5 nitrogen and oxygen atoms in total. The molecule has 0 bridgehead atoms. The first-order valence-corrected chi connectivity index (χ1v) is 10.3. The van der Waals surface area contributed by atoms with Gasteiger partial charge in [-0.3, -0.25) is 9.36 Å². The Labute approximate surface area is 187 Å². The van der Waals surface area contributed by atoms with E-state index >= 15 is 0 Å². The average molecular weight is 473 g/mol. The molecule has 4 aromatic rings. The van der Waals surface area contributed by atoms with Crippen LogP contribution in [-0.4, -0.2) is 20.6 Å². The zero-order valence-corrected chi connectivity index (χ0v) is 18.0. The van der Waals surface area contributed by atoms with Crippen LogP contribution >= 0.6 is 15.9 Å². The molecule has 0 amide bonds. The van der Waals surface area contributed by atoms with Crippen LogP contribution in [0.3, 0.4) is 0 Å². The average Bonchev–Trinajstić information content (AvgIpc) is 2.76. The number of hydrogen-bond acceptors (Lipinski definition) is 3. The molecule has 31 heavy (non-hydrogen) atoms. The zero-order valence-electron chi connectivity index (χ0n) is 16.4. The van der Waals surface area contributed by atoms with Crippen molar-refractivity contribution in [1.82, 2.24) is 9.55 Å². The Bertz CT molecular complexity index is 1400. The van der Waals surface area contributed by atoms with Gasteiger partial charge < -0.3 is 5.11 Å². The van der Waals surface area contributed by atoms with Crippen molar-refractivity contribution in [3.8, 4) is 11.8 Å². The molecule has 0 saturated heterocycles. The van der Waals surface area contributed by atoms with E-state index in [1.54, 1.807) is 24.3 Å². The number of fused-ring (bicyclic) bond motifs is 1. The van der Waals surface area contributed by atoms with E-state index in [0.29, 0.717) is 23.9 Å². The van der Waals surface area contributed by atoms with Crippen molar-refractivity contribution in [1.29, 1.82) is 0 Å². The monoisotopic (exact) mass is 472 g/mol. The third-order valence-corrected chi connectivity index (χ3v) is 5.29. The minimum Gasteiger partial charge on any atom is -0.478 e. The third-order valence-electron chi connectivity index (χ3n) is 4.79. The second-order valence-electron chi connectivity index (χ2n) is 7.02. The molecule has 0 aliphatic rings. The maximum absolute atomic E-state index is 13.0. The highest BCUT2D eigenvalue weighted by Crippen LogP contribution is 2.13. The zero-order chi connectivity index (χ0) is 21.8. The van der Waals surface area contributed by atoms with Crippen LogP contribution in [0.2, 0.25) is 0 Å². The van der Waals surface area contributed by atoms with Crippen LogP contribution < -0.4 is 5.56 Å². The molecule has 0 saturated carbocycles. The minimum atomic E-state index is -0.982. The third kappa shape index (κ3) is 4.90. The Morgan fingerprint density at radius 3 is 2.58 bits per heavy atom. The Morgan fingerprint density at radius 2 is 1.84 bits per heavy atom. The highest BCUT2D eigenvalue weighted by molar-refractivity contribution is 9.10. The Hall–Kier alpha value is -3.69. The van der Waals surface area contributed by atoms with Crippen molar-refractivity contribution in [3.63, 3.8) is 0 Å². The Kier molecular flexibility index (Phi) is 5.96. The van der Waals surface area contributed by atoms with E-state index in [0.717, 1.165) is 21.2 Å². The summed E-state index contributed by atoms with van der Waals surface area (Å²) < 4.78 is 2.53. The highest BCUT2D eigenvalue weighted by atomic mass is 79.9. The van der Waals surface area contributed by atoms with Gasteiger partial charge in [0, 0.05) is 16.5 Å². The standard InChI is InChI=1S/C25H17BrN2O3/c26-21-6-2-5-17(13-21)3-1-4-18-9-12-23-22(14-18)24(29)28(16-27-23)15-19-7-10-20(11-8-19)25(30)31/h2,5-14,16H,3,15H2,(H,30,31). The quantitative estimate of drug-likeness (QED) is 0.443. The van der Waals surface area contributed by atoms with Gasteiger partial charge in [0.05, 0.1) is 29.3 Å². The summed E-state index contributed by atoms with van der Waals surface area (Å²) in [5, 5.41) is 9.51. The van der Waals surface area contributed by atoms with E-state index < -0.39 is 5.97 Å². The molecular formula is C25H17BrN2O3. The fraction of sp³-hybridized carbons (Fsp3) is 0.0800. The minimum absolute atomic E-state index is 0.164. The number of nitrogens with zero attached hydrogens (tertiary/aromatic N) is 2. The predicted octanol–water partition coefficient (Wildman–Crippen LogP) is 4.50. The first-order valence-electron chi connectivity index (χ1n) is 9.54. The molecular weight excluding hydrogens is 456 g/mol. The molecule has 3 aromatic carbocycles. The van der Waals surface area contributed by atoms with Gasteiger partial charge in [0.15, 0.2) is 0 Å². The van der Waals surface area contributed by atoms with Gasteiger partial charge in [-0.15, -0.1) is 0 Å². The van der Waals surface area contributed by atoms with Crippen LogP contribution in [0.1, 0.15) is 27.0 Å². The van der Waals surface area contributed by atoms with Gasteiger partial charge in [-0.1, -0.05) is 52.0 Å². The number of carboxylic acids is 1. The number of aromatic carboxylic acids is 1. The number of aromatic nitrogens is 2. The molecule has 6 heteroatoms. The maximum Gasteiger partial charge on any atom is 0.335 e. The normalized spacial score (nSPS) is 10.5. The molecule has 1 aromatic heterocycles.